The van der Waals surface area contributed by atoms with Gasteiger partial charge in [-0.3, -0.25) is 24.6 Å². The second kappa shape index (κ2) is 19.3. The molecule has 3 aromatic carbocycles. The van der Waals surface area contributed by atoms with E-state index in [1.807, 2.05) is 12.1 Å². The number of dihydropyridines is 1. The summed E-state index contributed by atoms with van der Waals surface area (Å²) >= 11 is 0. The van der Waals surface area contributed by atoms with Gasteiger partial charge in [-0.25, -0.2) is 9.40 Å². The van der Waals surface area contributed by atoms with Gasteiger partial charge in [0, 0.05) is 68.6 Å². The predicted molar refractivity (Wildman–Crippen MR) is 272 cm³/mol. The average Bonchev–Trinajstić information content (AvgIpc) is 3.86. The van der Waals surface area contributed by atoms with Crippen molar-refractivity contribution in [3.8, 4) is 0 Å². The van der Waals surface area contributed by atoms with E-state index >= 15 is 4.39 Å². The van der Waals surface area contributed by atoms with Crippen molar-refractivity contribution in [2.75, 3.05) is 57.6 Å². The molecule has 0 radical (unpaired) electrons. The number of likely N-dealkylation sites (tertiary alicyclic amines) is 2. The number of halogens is 1. The Bertz CT molecular complexity index is 2600. The number of nitrogens with one attached hydrogen (secondary N) is 4. The van der Waals surface area contributed by atoms with Gasteiger partial charge in [0.1, 0.15) is 17.5 Å². The second-order valence-corrected chi connectivity index (χ2v) is 21.8. The van der Waals surface area contributed by atoms with Crippen molar-refractivity contribution in [1.82, 2.24) is 30.3 Å². The van der Waals surface area contributed by atoms with Crippen LogP contribution in [0.25, 0.3) is 5.57 Å². The molecule has 7 aliphatic rings. The Morgan fingerprint density at radius 2 is 1.71 bits per heavy atom. The number of allylic oxidation sites excluding steroid dienone is 4. The molecule has 3 unspecified atom stereocenters. The zero-order valence-corrected chi connectivity index (χ0v) is 41.3. The number of nitrogens with zero attached hydrogens (tertiary/aromatic N) is 4. The van der Waals surface area contributed by atoms with Crippen LogP contribution >= 0.6 is 0 Å². The number of piperidine rings is 3. The number of likely N-dealkylation sites (N-methyl/N-ethyl adjacent to an activating group) is 1. The van der Waals surface area contributed by atoms with E-state index in [9.17, 15) is 14.4 Å². The van der Waals surface area contributed by atoms with Crippen molar-refractivity contribution in [1.29, 1.82) is 0 Å². The number of hydrogen-bond acceptors (Lipinski definition) is 10. The second-order valence-electron chi connectivity index (χ2n) is 21.8. The normalized spacial score (nSPS) is 25.9. The Morgan fingerprint density at radius 1 is 0.928 bits per heavy atom. The Morgan fingerprint density at radius 3 is 2.43 bits per heavy atom. The van der Waals surface area contributed by atoms with E-state index in [0.29, 0.717) is 42.3 Å². The van der Waals surface area contributed by atoms with Gasteiger partial charge in [0.25, 0.3) is 0 Å². The third-order valence-corrected chi connectivity index (χ3v) is 17.0. The quantitative estimate of drug-likeness (QED) is 0.0753. The summed E-state index contributed by atoms with van der Waals surface area (Å²) in [7, 11) is 4.31. The Balaban J connectivity index is 0.665. The minimum atomic E-state index is -0.534. The minimum absolute atomic E-state index is 0.0215. The maximum Gasteiger partial charge on any atom is 0.249 e. The fraction of sp³-hybridized carbons (Fsp3) is 0.491. The van der Waals surface area contributed by atoms with Gasteiger partial charge in [-0.1, -0.05) is 55.0 Å². The molecule has 3 fully saturated rings. The first kappa shape index (κ1) is 47.1. The lowest BCUT2D eigenvalue weighted by atomic mass is 9.75. The van der Waals surface area contributed by atoms with Gasteiger partial charge in [0.15, 0.2) is 5.78 Å². The van der Waals surface area contributed by atoms with Crippen LogP contribution in [0.4, 0.5) is 15.8 Å². The number of benzene rings is 3. The Hall–Kier alpha value is -5.56. The number of rotatable bonds is 13. The average molecular weight is 935 g/mol. The molecule has 1 aliphatic carbocycles. The maximum absolute atomic E-state index is 15.3. The van der Waals surface area contributed by atoms with E-state index in [0.717, 1.165) is 89.8 Å². The van der Waals surface area contributed by atoms with Gasteiger partial charge in [0.2, 0.25) is 11.8 Å². The summed E-state index contributed by atoms with van der Waals surface area (Å²) < 4.78 is 15.3. The van der Waals surface area contributed by atoms with Crippen LogP contribution < -0.4 is 21.4 Å². The molecule has 3 aromatic rings. The molecule has 4 atom stereocenters. The summed E-state index contributed by atoms with van der Waals surface area (Å²) in [5.74, 6) is 0.417. The summed E-state index contributed by atoms with van der Waals surface area (Å²) in [4.78, 5) is 44.9. The Kier molecular flexibility index (Phi) is 13.2. The number of Topliss-reactive ketones (excluding diaryl/α,β-unsaturated/α-hetero) is 1. The fourth-order valence-electron chi connectivity index (χ4n) is 12.3. The Labute approximate surface area is 408 Å². The molecular weight excluding hydrogens is 864 g/mol. The number of hydrazine groups is 1. The lowest BCUT2D eigenvalue weighted by Crippen LogP contribution is -2.54. The van der Waals surface area contributed by atoms with Crippen LogP contribution in [0.3, 0.4) is 0 Å². The highest BCUT2D eigenvalue weighted by Gasteiger charge is 2.44. The smallest absolute Gasteiger partial charge is 0.249 e. The van der Waals surface area contributed by atoms with Crippen molar-refractivity contribution < 1.29 is 18.8 Å². The van der Waals surface area contributed by atoms with Crippen molar-refractivity contribution in [3.63, 3.8) is 0 Å². The van der Waals surface area contributed by atoms with Gasteiger partial charge < -0.3 is 25.9 Å². The molecule has 2 amide bonds. The number of fused-ring (bicyclic) bond motifs is 2. The third kappa shape index (κ3) is 9.95. The maximum atomic E-state index is 15.3. The minimum Gasteiger partial charge on any atom is -0.374 e. The molecule has 69 heavy (non-hydrogen) atoms. The van der Waals surface area contributed by atoms with E-state index in [1.54, 1.807) is 0 Å². The number of ketones is 1. The summed E-state index contributed by atoms with van der Waals surface area (Å²) in [5.41, 5.74) is 15.6. The van der Waals surface area contributed by atoms with Gasteiger partial charge in [0.05, 0.1) is 5.69 Å². The van der Waals surface area contributed by atoms with Crippen LogP contribution in [0.1, 0.15) is 124 Å². The molecule has 4 N–H and O–H groups in total. The summed E-state index contributed by atoms with van der Waals surface area (Å²) in [6.45, 7) is 13.0. The van der Waals surface area contributed by atoms with Crippen LogP contribution in [0.5, 0.6) is 0 Å². The molecule has 10 rings (SSSR count). The van der Waals surface area contributed by atoms with Crippen molar-refractivity contribution in [2.24, 2.45) is 11.3 Å². The standard InChI is InChI=1S/C57H71FN8O3/c1-37(52-33-48-47(20-25-59-57(48,3)64(52)5)43-15-17-50-45(31-43)36-63(4)62-50)66-26-21-41(22-27-66)40-10-12-42(13-11-40)53(67)30-38-6-8-39(9-7-38)35-65-28-23-56(2,24-29-65)34-44-14-16-46(32-49(44)58)60-51-18-19-54(68)61-55(51)69/h6,10-17,20,25,31-33,37,39,41,51,59-60,62H,7-9,18-19,21-24,26-30,34-36H2,1-5H3,(H,61,68,69)/t37-,39?,51?,57?/m0/s1. The molecule has 6 heterocycles. The van der Waals surface area contributed by atoms with Crippen molar-refractivity contribution >= 4 is 34.5 Å². The van der Waals surface area contributed by atoms with E-state index in [2.05, 4.69) is 143 Å². The fourth-order valence-corrected chi connectivity index (χ4v) is 12.3. The van der Waals surface area contributed by atoms with E-state index in [1.165, 1.54) is 50.9 Å². The van der Waals surface area contributed by atoms with E-state index in [4.69, 9.17) is 0 Å². The molecule has 12 heteroatoms. The summed E-state index contributed by atoms with van der Waals surface area (Å²) in [6.07, 6.45) is 18.3. The molecule has 6 aliphatic heterocycles. The van der Waals surface area contributed by atoms with Gasteiger partial charge in [-0.05, 0) is 186 Å². The van der Waals surface area contributed by atoms with Crippen LogP contribution in [0.2, 0.25) is 0 Å². The van der Waals surface area contributed by atoms with Crippen LogP contribution in [0, 0.1) is 17.2 Å². The molecule has 364 valence electrons. The van der Waals surface area contributed by atoms with Crippen LogP contribution in [0.15, 0.2) is 102 Å². The van der Waals surface area contributed by atoms with Gasteiger partial charge in [-0.15, -0.1) is 0 Å². The molecule has 11 nitrogen and oxygen atoms in total. The molecule has 0 bridgehead atoms. The first-order valence-electron chi connectivity index (χ1n) is 25.6. The first-order chi connectivity index (χ1) is 33.2. The number of carbonyl (C=O) groups is 3. The van der Waals surface area contributed by atoms with E-state index < -0.39 is 6.04 Å². The SMILES string of the molecule is C[C@@H](C1=CC2=C(c3ccc4c(c3)CN(C)N4)C=CNC2(C)N1C)N1CCC(c2ccc(C(=O)CC3=CCC(CN4CCC(C)(Cc5ccc(NC6CCC(=O)NC6=O)cc5F)CC4)CC3)cc2)CC1. The van der Waals surface area contributed by atoms with Crippen molar-refractivity contribution in [2.45, 2.75) is 122 Å². The summed E-state index contributed by atoms with van der Waals surface area (Å²) in [5, 5.41) is 11.3. The highest BCUT2D eigenvalue weighted by atomic mass is 19.1. The first-order valence-corrected chi connectivity index (χ1v) is 25.6. The monoisotopic (exact) mass is 935 g/mol. The lowest BCUT2D eigenvalue weighted by molar-refractivity contribution is -0.133. The number of anilines is 2. The predicted octanol–water partition coefficient (Wildman–Crippen LogP) is 9.14. The topological polar surface area (TPSA) is 112 Å². The van der Waals surface area contributed by atoms with Crippen LogP contribution in [-0.4, -0.2) is 102 Å². The third-order valence-electron chi connectivity index (χ3n) is 17.0. The number of hydrogen-bond donors (Lipinski definition) is 4. The molecular formula is C57H71FN8O3. The number of carbonyl (C=O) groups excluding carboxylic acids is 3. The molecule has 0 spiro atoms. The van der Waals surface area contributed by atoms with E-state index in [-0.39, 0.29) is 47.0 Å². The van der Waals surface area contributed by atoms with Crippen molar-refractivity contribution in [3.05, 3.63) is 136 Å². The van der Waals surface area contributed by atoms with Gasteiger partial charge >= 0.3 is 0 Å². The molecule has 0 saturated carbocycles. The van der Waals surface area contributed by atoms with Gasteiger partial charge in [-0.2, -0.15) is 0 Å². The number of imide groups is 1. The zero-order chi connectivity index (χ0) is 48.0. The zero-order valence-electron chi connectivity index (χ0n) is 41.3. The highest BCUT2D eigenvalue weighted by Crippen LogP contribution is 2.44. The lowest BCUT2D eigenvalue weighted by Gasteiger charge is -2.43. The molecule has 0 aromatic heterocycles. The molecule has 3 saturated heterocycles. The van der Waals surface area contributed by atoms with Crippen LogP contribution in [-0.2, 0) is 22.6 Å². The largest absolute Gasteiger partial charge is 0.374 e. The number of amides is 2. The highest BCUT2D eigenvalue weighted by molar-refractivity contribution is 6.01. The summed E-state index contributed by atoms with van der Waals surface area (Å²) in [6, 6.07) is 20.3.